The largest absolute Gasteiger partial charge is 0.334 e. The first-order valence-electron chi connectivity index (χ1n) is 5.75. The third kappa shape index (κ3) is 3.31. The summed E-state index contributed by atoms with van der Waals surface area (Å²) in [6.07, 6.45) is 3.37. The minimum absolute atomic E-state index is 0.215. The van der Waals surface area contributed by atoms with E-state index in [-0.39, 0.29) is 6.03 Å². The summed E-state index contributed by atoms with van der Waals surface area (Å²) >= 11 is 0. The van der Waals surface area contributed by atoms with Crippen LogP contribution in [0.15, 0.2) is 48.8 Å². The van der Waals surface area contributed by atoms with Crippen LogP contribution in [-0.2, 0) is 6.54 Å². The van der Waals surface area contributed by atoms with Crippen LogP contribution >= 0.6 is 0 Å². The Morgan fingerprint density at radius 1 is 1.22 bits per heavy atom. The van der Waals surface area contributed by atoms with Gasteiger partial charge in [-0.05, 0) is 24.1 Å². The summed E-state index contributed by atoms with van der Waals surface area (Å²) in [6.45, 7) is 2.41. The van der Waals surface area contributed by atoms with Crippen molar-refractivity contribution in [1.82, 2.24) is 10.3 Å². The molecule has 0 radical (unpaired) electrons. The maximum atomic E-state index is 11.7. The molecule has 0 atom stereocenters. The van der Waals surface area contributed by atoms with Crippen molar-refractivity contribution >= 4 is 11.7 Å². The number of anilines is 1. The van der Waals surface area contributed by atoms with Gasteiger partial charge in [-0.2, -0.15) is 0 Å². The lowest BCUT2D eigenvalue weighted by Gasteiger charge is -2.09. The number of benzene rings is 1. The lowest BCUT2D eigenvalue weighted by atomic mass is 10.2. The van der Waals surface area contributed by atoms with E-state index in [4.69, 9.17) is 0 Å². The van der Waals surface area contributed by atoms with E-state index in [0.29, 0.717) is 6.54 Å². The molecule has 0 saturated heterocycles. The van der Waals surface area contributed by atoms with E-state index in [0.717, 1.165) is 16.8 Å². The van der Waals surface area contributed by atoms with Crippen LogP contribution in [0.25, 0.3) is 0 Å². The van der Waals surface area contributed by atoms with Gasteiger partial charge in [-0.1, -0.05) is 30.3 Å². The fourth-order valence-corrected chi connectivity index (χ4v) is 1.56. The lowest BCUT2D eigenvalue weighted by molar-refractivity contribution is 0.251. The van der Waals surface area contributed by atoms with Gasteiger partial charge in [-0.25, -0.2) is 4.79 Å². The molecule has 1 aromatic heterocycles. The molecule has 0 aliphatic heterocycles. The average Bonchev–Trinajstić information content (AvgIpc) is 2.40. The smallest absolute Gasteiger partial charge is 0.319 e. The summed E-state index contributed by atoms with van der Waals surface area (Å²) in [5.74, 6) is 0. The van der Waals surface area contributed by atoms with Gasteiger partial charge < -0.3 is 10.6 Å². The van der Waals surface area contributed by atoms with E-state index >= 15 is 0 Å². The molecule has 0 fully saturated rings. The minimum atomic E-state index is -0.215. The molecule has 2 N–H and O–H groups in total. The first-order chi connectivity index (χ1) is 8.75. The summed E-state index contributed by atoms with van der Waals surface area (Å²) in [7, 11) is 0. The molecule has 2 amide bonds. The lowest BCUT2D eigenvalue weighted by Crippen LogP contribution is -2.28. The Hall–Kier alpha value is -2.36. The van der Waals surface area contributed by atoms with Crippen LogP contribution in [0.2, 0.25) is 0 Å². The van der Waals surface area contributed by atoms with Gasteiger partial charge in [-0.15, -0.1) is 0 Å². The molecular weight excluding hydrogens is 226 g/mol. The molecule has 2 aromatic rings. The number of aryl methyl sites for hydroxylation is 1. The third-order valence-electron chi connectivity index (χ3n) is 2.56. The molecule has 0 bridgehead atoms. The van der Waals surface area contributed by atoms with Gasteiger partial charge in [0.05, 0.1) is 0 Å². The fraction of sp³-hybridized carbons (Fsp3) is 0.143. The van der Waals surface area contributed by atoms with Gasteiger partial charge in [0.15, 0.2) is 0 Å². The molecule has 4 heteroatoms. The minimum Gasteiger partial charge on any atom is -0.334 e. The van der Waals surface area contributed by atoms with Crippen LogP contribution in [0.1, 0.15) is 11.1 Å². The van der Waals surface area contributed by atoms with Gasteiger partial charge in [0.2, 0.25) is 0 Å². The SMILES string of the molecule is Cc1cnccc1NC(=O)NCc1ccccc1. The molecule has 92 valence electrons. The first kappa shape index (κ1) is 12.1. The predicted octanol–water partition coefficient (Wildman–Crippen LogP) is 2.71. The van der Waals surface area contributed by atoms with Gasteiger partial charge in [0.25, 0.3) is 0 Å². The highest BCUT2D eigenvalue weighted by Gasteiger charge is 2.03. The van der Waals surface area contributed by atoms with Crippen LogP contribution < -0.4 is 10.6 Å². The second-order valence-corrected chi connectivity index (χ2v) is 3.98. The van der Waals surface area contributed by atoms with E-state index in [9.17, 15) is 4.79 Å². The monoisotopic (exact) mass is 241 g/mol. The highest BCUT2D eigenvalue weighted by Crippen LogP contribution is 2.11. The Morgan fingerprint density at radius 2 is 2.00 bits per heavy atom. The van der Waals surface area contributed by atoms with Crippen molar-refractivity contribution in [2.75, 3.05) is 5.32 Å². The van der Waals surface area contributed by atoms with E-state index in [1.807, 2.05) is 37.3 Å². The number of amides is 2. The van der Waals surface area contributed by atoms with Crippen molar-refractivity contribution < 1.29 is 4.79 Å². The van der Waals surface area contributed by atoms with Crippen LogP contribution in [0, 0.1) is 6.92 Å². The maximum Gasteiger partial charge on any atom is 0.319 e. The predicted molar refractivity (Wildman–Crippen MR) is 71.3 cm³/mol. The number of carbonyl (C=O) groups excluding carboxylic acids is 1. The van der Waals surface area contributed by atoms with Crippen molar-refractivity contribution in [3.8, 4) is 0 Å². The molecule has 4 nitrogen and oxygen atoms in total. The van der Waals surface area contributed by atoms with Gasteiger partial charge in [-0.3, -0.25) is 4.98 Å². The number of nitrogens with zero attached hydrogens (tertiary/aromatic N) is 1. The fourth-order valence-electron chi connectivity index (χ4n) is 1.56. The van der Waals surface area contributed by atoms with Gasteiger partial charge >= 0.3 is 6.03 Å². The van der Waals surface area contributed by atoms with Gasteiger partial charge in [0.1, 0.15) is 0 Å². The van der Waals surface area contributed by atoms with Crippen LogP contribution in [-0.4, -0.2) is 11.0 Å². The molecule has 18 heavy (non-hydrogen) atoms. The molecule has 1 heterocycles. The number of hydrogen-bond acceptors (Lipinski definition) is 2. The number of carbonyl (C=O) groups is 1. The summed E-state index contributed by atoms with van der Waals surface area (Å²) in [4.78, 5) is 15.7. The average molecular weight is 241 g/mol. The Balaban J connectivity index is 1.88. The van der Waals surface area contributed by atoms with Crippen LogP contribution in [0.4, 0.5) is 10.5 Å². The van der Waals surface area contributed by atoms with Crippen molar-refractivity contribution in [1.29, 1.82) is 0 Å². The number of hydrogen-bond donors (Lipinski definition) is 2. The summed E-state index contributed by atoms with van der Waals surface area (Å²) < 4.78 is 0. The molecule has 0 spiro atoms. The quantitative estimate of drug-likeness (QED) is 0.868. The van der Waals surface area contributed by atoms with Crippen molar-refractivity contribution in [2.45, 2.75) is 13.5 Å². The standard InChI is InChI=1S/C14H15N3O/c1-11-9-15-8-7-13(11)17-14(18)16-10-12-5-3-2-4-6-12/h2-9H,10H2,1H3,(H2,15,16,17,18). The molecule has 0 saturated carbocycles. The zero-order valence-electron chi connectivity index (χ0n) is 10.2. The summed E-state index contributed by atoms with van der Waals surface area (Å²) in [5, 5.41) is 5.59. The van der Waals surface area contributed by atoms with Gasteiger partial charge in [0, 0.05) is 24.6 Å². The number of aromatic nitrogens is 1. The second-order valence-electron chi connectivity index (χ2n) is 3.98. The van der Waals surface area contributed by atoms with Crippen molar-refractivity contribution in [2.24, 2.45) is 0 Å². The molecule has 0 unspecified atom stereocenters. The number of pyridine rings is 1. The normalized spacial score (nSPS) is 9.83. The second kappa shape index (κ2) is 5.82. The number of urea groups is 1. The first-order valence-corrected chi connectivity index (χ1v) is 5.75. The van der Waals surface area contributed by atoms with Crippen LogP contribution in [0.3, 0.4) is 0 Å². The highest BCUT2D eigenvalue weighted by atomic mass is 16.2. The van der Waals surface area contributed by atoms with Crippen LogP contribution in [0.5, 0.6) is 0 Å². The summed E-state index contributed by atoms with van der Waals surface area (Å²) in [5.41, 5.74) is 2.78. The van der Waals surface area contributed by atoms with E-state index < -0.39 is 0 Å². The Labute approximate surface area is 106 Å². The third-order valence-corrected chi connectivity index (χ3v) is 2.56. The van der Waals surface area contributed by atoms with Crippen molar-refractivity contribution in [3.05, 3.63) is 59.9 Å². The molecule has 0 aliphatic rings. The zero-order valence-corrected chi connectivity index (χ0v) is 10.2. The Morgan fingerprint density at radius 3 is 2.72 bits per heavy atom. The molecule has 2 rings (SSSR count). The molecular formula is C14H15N3O. The van der Waals surface area contributed by atoms with E-state index in [1.54, 1.807) is 18.5 Å². The Bertz CT molecular complexity index is 526. The Kier molecular flexibility index (Phi) is 3.91. The topological polar surface area (TPSA) is 54.0 Å². The number of nitrogens with one attached hydrogen (secondary N) is 2. The van der Waals surface area contributed by atoms with E-state index in [2.05, 4.69) is 15.6 Å². The molecule has 1 aromatic carbocycles. The highest BCUT2D eigenvalue weighted by molar-refractivity contribution is 5.89. The van der Waals surface area contributed by atoms with Crippen molar-refractivity contribution in [3.63, 3.8) is 0 Å². The maximum absolute atomic E-state index is 11.7. The zero-order chi connectivity index (χ0) is 12.8. The van der Waals surface area contributed by atoms with E-state index in [1.165, 1.54) is 0 Å². The number of rotatable bonds is 3. The summed E-state index contributed by atoms with van der Waals surface area (Å²) in [6, 6.07) is 11.3. The molecule has 0 aliphatic carbocycles.